The van der Waals surface area contributed by atoms with Crippen molar-refractivity contribution in [2.24, 2.45) is 10.9 Å². The number of nitrogens with zero attached hydrogens (tertiary/aromatic N) is 1. The van der Waals surface area contributed by atoms with Crippen LogP contribution in [0, 0.1) is 5.92 Å². The summed E-state index contributed by atoms with van der Waals surface area (Å²) in [6.07, 6.45) is 1.98. The molecular formula is C12H23NO. The highest BCUT2D eigenvalue weighted by Crippen LogP contribution is 2.15. The van der Waals surface area contributed by atoms with E-state index >= 15 is 0 Å². The minimum absolute atomic E-state index is 0.353. The van der Waals surface area contributed by atoms with Crippen LogP contribution in [0.1, 0.15) is 47.5 Å². The van der Waals surface area contributed by atoms with Gasteiger partial charge in [-0.25, -0.2) is 0 Å². The first-order chi connectivity index (χ1) is 6.56. The molecule has 0 aliphatic rings. The zero-order chi connectivity index (χ0) is 11.1. The van der Waals surface area contributed by atoms with Gasteiger partial charge >= 0.3 is 0 Å². The van der Waals surface area contributed by atoms with Gasteiger partial charge < -0.3 is 4.74 Å². The molecule has 82 valence electrons. The van der Waals surface area contributed by atoms with Gasteiger partial charge in [0.2, 0.25) is 0 Å². The molecule has 0 bridgehead atoms. The van der Waals surface area contributed by atoms with Gasteiger partial charge in [0.1, 0.15) is 5.76 Å². The van der Waals surface area contributed by atoms with Gasteiger partial charge in [-0.3, -0.25) is 4.99 Å². The second kappa shape index (κ2) is 6.63. The Morgan fingerprint density at radius 2 is 1.79 bits per heavy atom. The summed E-state index contributed by atoms with van der Waals surface area (Å²) in [5.74, 6) is 2.25. The van der Waals surface area contributed by atoms with E-state index in [-0.39, 0.29) is 0 Å². The second-order valence-electron chi connectivity index (χ2n) is 3.73. The summed E-state index contributed by atoms with van der Waals surface area (Å²) in [7, 11) is 1.78. The van der Waals surface area contributed by atoms with Crippen LogP contribution in [-0.4, -0.2) is 12.9 Å². The van der Waals surface area contributed by atoms with Gasteiger partial charge in [0.05, 0.1) is 0 Å². The van der Waals surface area contributed by atoms with Crippen LogP contribution in [0.3, 0.4) is 0 Å². The summed E-state index contributed by atoms with van der Waals surface area (Å²) in [5.41, 5.74) is 1.31. The van der Waals surface area contributed by atoms with Gasteiger partial charge in [0.25, 0.3) is 0 Å². The zero-order valence-electron chi connectivity index (χ0n) is 10.3. The maximum atomic E-state index is 5.79. The summed E-state index contributed by atoms with van der Waals surface area (Å²) < 4.78 is 5.79. The van der Waals surface area contributed by atoms with Gasteiger partial charge in [0, 0.05) is 19.4 Å². The molecular weight excluding hydrogens is 174 g/mol. The van der Waals surface area contributed by atoms with Crippen molar-refractivity contribution in [2.45, 2.75) is 47.5 Å². The quantitative estimate of drug-likeness (QED) is 0.382. The van der Waals surface area contributed by atoms with E-state index in [1.165, 1.54) is 5.57 Å². The molecule has 0 N–H and O–H groups in total. The highest BCUT2D eigenvalue weighted by atomic mass is 16.5. The van der Waals surface area contributed by atoms with Crippen LogP contribution in [0.25, 0.3) is 0 Å². The lowest BCUT2D eigenvalue weighted by molar-refractivity contribution is 0.364. The molecule has 14 heavy (non-hydrogen) atoms. The molecule has 0 heterocycles. The number of ether oxygens (including phenoxy) is 1. The van der Waals surface area contributed by atoms with Gasteiger partial charge in [-0.15, -0.1) is 0 Å². The van der Waals surface area contributed by atoms with E-state index in [0.717, 1.165) is 24.5 Å². The maximum Gasteiger partial charge on any atom is 0.191 e. The maximum absolute atomic E-state index is 5.79. The molecule has 0 atom stereocenters. The Morgan fingerprint density at radius 1 is 1.21 bits per heavy atom. The van der Waals surface area contributed by atoms with E-state index < -0.39 is 0 Å². The molecule has 0 rings (SSSR count). The highest BCUT2D eigenvalue weighted by molar-refractivity contribution is 5.78. The van der Waals surface area contributed by atoms with Crippen LogP contribution in [0.2, 0.25) is 0 Å². The first-order valence-corrected chi connectivity index (χ1v) is 5.39. The number of rotatable bonds is 4. The average molecular weight is 197 g/mol. The van der Waals surface area contributed by atoms with Crippen LogP contribution < -0.4 is 0 Å². The Labute approximate surface area is 88.1 Å². The molecule has 0 amide bonds. The SMILES string of the molecule is CC/C(C)=C(/CC)OC(=NC)C(C)C. The van der Waals surface area contributed by atoms with Crippen LogP contribution in [-0.2, 0) is 4.74 Å². The number of hydrogen-bond acceptors (Lipinski definition) is 2. The van der Waals surface area contributed by atoms with E-state index in [2.05, 4.69) is 39.6 Å². The second-order valence-corrected chi connectivity index (χ2v) is 3.73. The molecule has 0 radical (unpaired) electrons. The summed E-state index contributed by atoms with van der Waals surface area (Å²) in [6.45, 7) is 10.6. The summed E-state index contributed by atoms with van der Waals surface area (Å²) in [4.78, 5) is 4.15. The first kappa shape index (κ1) is 13.2. The van der Waals surface area contributed by atoms with Crippen molar-refractivity contribution in [3.8, 4) is 0 Å². The van der Waals surface area contributed by atoms with E-state index in [1.54, 1.807) is 7.05 Å². The van der Waals surface area contributed by atoms with E-state index in [4.69, 9.17) is 4.74 Å². The number of allylic oxidation sites excluding steroid dienone is 2. The zero-order valence-corrected chi connectivity index (χ0v) is 10.3. The molecule has 2 heteroatoms. The van der Waals surface area contributed by atoms with Crippen LogP contribution in [0.15, 0.2) is 16.3 Å². The summed E-state index contributed by atoms with van der Waals surface area (Å²) >= 11 is 0. The lowest BCUT2D eigenvalue weighted by atomic mass is 10.1. The number of aliphatic imine (C=N–C) groups is 1. The fourth-order valence-electron chi connectivity index (χ4n) is 1.21. The predicted octanol–water partition coefficient (Wildman–Crippen LogP) is 3.78. The Bertz CT molecular complexity index is 226. The van der Waals surface area contributed by atoms with Gasteiger partial charge in [-0.2, -0.15) is 0 Å². The molecule has 0 saturated heterocycles. The highest BCUT2D eigenvalue weighted by Gasteiger charge is 2.09. The molecule has 0 fully saturated rings. The molecule has 0 aromatic rings. The van der Waals surface area contributed by atoms with Crippen LogP contribution >= 0.6 is 0 Å². The Hall–Kier alpha value is -0.790. The van der Waals surface area contributed by atoms with Gasteiger partial charge in [-0.05, 0) is 18.9 Å². The predicted molar refractivity (Wildman–Crippen MR) is 62.6 cm³/mol. The van der Waals surface area contributed by atoms with Crippen LogP contribution in [0.5, 0.6) is 0 Å². The molecule has 0 spiro atoms. The van der Waals surface area contributed by atoms with Crippen molar-refractivity contribution in [1.29, 1.82) is 0 Å². The van der Waals surface area contributed by atoms with E-state index in [9.17, 15) is 0 Å². The van der Waals surface area contributed by atoms with Crippen molar-refractivity contribution in [3.05, 3.63) is 11.3 Å². The smallest absolute Gasteiger partial charge is 0.191 e. The normalized spacial score (nSPS) is 14.4. The minimum Gasteiger partial charge on any atom is -0.448 e. The van der Waals surface area contributed by atoms with Crippen LogP contribution in [0.4, 0.5) is 0 Å². The minimum atomic E-state index is 0.353. The fraction of sp³-hybridized carbons (Fsp3) is 0.750. The third-order valence-electron chi connectivity index (χ3n) is 2.27. The monoisotopic (exact) mass is 197 g/mol. The molecule has 0 aromatic carbocycles. The third kappa shape index (κ3) is 3.95. The number of hydrogen-bond donors (Lipinski definition) is 0. The lowest BCUT2D eigenvalue weighted by Gasteiger charge is -2.15. The molecule has 0 aliphatic heterocycles. The Kier molecular flexibility index (Phi) is 6.26. The van der Waals surface area contributed by atoms with E-state index in [1.807, 2.05) is 0 Å². The average Bonchev–Trinajstić information content (AvgIpc) is 2.18. The van der Waals surface area contributed by atoms with Crippen molar-refractivity contribution in [3.63, 3.8) is 0 Å². The Morgan fingerprint density at radius 3 is 2.07 bits per heavy atom. The third-order valence-corrected chi connectivity index (χ3v) is 2.27. The molecule has 0 aromatic heterocycles. The van der Waals surface area contributed by atoms with Crippen molar-refractivity contribution < 1.29 is 4.74 Å². The first-order valence-electron chi connectivity index (χ1n) is 5.39. The standard InChI is InChI=1S/C12H23NO/c1-7-10(5)11(8-2)14-12(13-6)9(3)4/h9H,7-8H2,1-6H3/b11-10-,13-12?. The molecule has 0 unspecified atom stereocenters. The fourth-order valence-corrected chi connectivity index (χ4v) is 1.21. The van der Waals surface area contributed by atoms with Crippen molar-refractivity contribution >= 4 is 5.90 Å². The topological polar surface area (TPSA) is 21.6 Å². The molecule has 0 aliphatic carbocycles. The molecule has 2 nitrogen and oxygen atoms in total. The Balaban J connectivity index is 4.62. The van der Waals surface area contributed by atoms with Gasteiger partial charge in [-0.1, -0.05) is 27.7 Å². The summed E-state index contributed by atoms with van der Waals surface area (Å²) in [6, 6.07) is 0. The molecule has 0 saturated carbocycles. The lowest BCUT2D eigenvalue weighted by Crippen LogP contribution is -2.12. The van der Waals surface area contributed by atoms with Gasteiger partial charge in [0.15, 0.2) is 5.90 Å². The van der Waals surface area contributed by atoms with Crippen molar-refractivity contribution in [1.82, 2.24) is 0 Å². The largest absolute Gasteiger partial charge is 0.448 e. The van der Waals surface area contributed by atoms with Crippen molar-refractivity contribution in [2.75, 3.05) is 7.05 Å². The van der Waals surface area contributed by atoms with E-state index in [0.29, 0.717) is 5.92 Å². The summed E-state index contributed by atoms with van der Waals surface area (Å²) in [5, 5.41) is 0.